The van der Waals surface area contributed by atoms with Crippen molar-refractivity contribution in [3.8, 4) is 0 Å². The van der Waals surface area contributed by atoms with E-state index in [1.54, 1.807) is 23.6 Å². The summed E-state index contributed by atoms with van der Waals surface area (Å²) in [5, 5.41) is 16.3. The van der Waals surface area contributed by atoms with Crippen molar-refractivity contribution >= 4 is 28.6 Å². The van der Waals surface area contributed by atoms with E-state index in [1.165, 1.54) is 19.2 Å². The molecular weight excluding hydrogens is 304 g/mol. The first kappa shape index (κ1) is 15.9. The first-order chi connectivity index (χ1) is 10.5. The molecule has 1 aromatic carbocycles. The second-order valence-electron chi connectivity index (χ2n) is 4.64. The molecule has 0 spiro atoms. The van der Waals surface area contributed by atoms with Crippen molar-refractivity contribution in [3.05, 3.63) is 50.5 Å². The summed E-state index contributed by atoms with van der Waals surface area (Å²) >= 11 is 1.58. The summed E-state index contributed by atoms with van der Waals surface area (Å²) < 4.78 is 0. The van der Waals surface area contributed by atoms with Crippen molar-refractivity contribution < 1.29 is 9.72 Å². The third-order valence-corrected chi connectivity index (χ3v) is 4.06. The number of hydrogen-bond acceptors (Lipinski definition) is 6. The van der Waals surface area contributed by atoms with Gasteiger partial charge in [-0.3, -0.25) is 14.9 Å². The Hall–Kier alpha value is -2.48. The largest absolute Gasteiger partial charge is 0.374 e. The zero-order chi connectivity index (χ0) is 16.1. The lowest BCUT2D eigenvalue weighted by atomic mass is 10.1. The van der Waals surface area contributed by atoms with Gasteiger partial charge in [-0.15, -0.1) is 11.3 Å². The van der Waals surface area contributed by atoms with Gasteiger partial charge in [-0.2, -0.15) is 0 Å². The van der Waals surface area contributed by atoms with Crippen molar-refractivity contribution in [1.29, 1.82) is 0 Å². The van der Waals surface area contributed by atoms with Crippen LogP contribution in [-0.4, -0.2) is 36.5 Å². The summed E-state index contributed by atoms with van der Waals surface area (Å²) in [6.45, 7) is 0.662. The Kier molecular flexibility index (Phi) is 5.05. The van der Waals surface area contributed by atoms with Gasteiger partial charge >= 0.3 is 0 Å². The summed E-state index contributed by atoms with van der Waals surface area (Å²) in [5.41, 5.74) is 0.843. The van der Waals surface area contributed by atoms with Crippen LogP contribution in [0.15, 0.2) is 29.8 Å². The molecule has 0 unspecified atom stereocenters. The lowest BCUT2D eigenvalue weighted by Gasteiger charge is -2.21. The van der Waals surface area contributed by atoms with Crippen molar-refractivity contribution in [2.45, 2.75) is 6.42 Å². The van der Waals surface area contributed by atoms with Crippen LogP contribution in [0.4, 0.5) is 11.4 Å². The van der Waals surface area contributed by atoms with Gasteiger partial charge in [-0.1, -0.05) is 0 Å². The van der Waals surface area contributed by atoms with Crippen molar-refractivity contribution in [2.75, 3.05) is 25.5 Å². The minimum absolute atomic E-state index is 0.101. The van der Waals surface area contributed by atoms with Crippen LogP contribution in [-0.2, 0) is 6.42 Å². The van der Waals surface area contributed by atoms with Gasteiger partial charge in [0.25, 0.3) is 11.6 Å². The molecule has 8 heteroatoms. The Morgan fingerprint density at radius 2 is 2.27 bits per heavy atom. The number of nitrogens with zero attached hydrogens (tertiary/aromatic N) is 3. The van der Waals surface area contributed by atoms with Crippen LogP contribution in [0.2, 0.25) is 0 Å². The minimum Gasteiger partial charge on any atom is -0.374 e. The highest BCUT2D eigenvalue weighted by Crippen LogP contribution is 2.25. The fourth-order valence-electron chi connectivity index (χ4n) is 2.05. The molecule has 1 amide bonds. The quantitative estimate of drug-likeness (QED) is 0.650. The van der Waals surface area contributed by atoms with Gasteiger partial charge < -0.3 is 10.2 Å². The van der Waals surface area contributed by atoms with E-state index in [-0.39, 0.29) is 11.6 Å². The van der Waals surface area contributed by atoms with E-state index in [0.717, 1.165) is 11.4 Å². The molecule has 7 nitrogen and oxygen atoms in total. The first-order valence-corrected chi connectivity index (χ1v) is 7.51. The number of aromatic nitrogens is 1. The number of nitro groups is 1. The van der Waals surface area contributed by atoms with Gasteiger partial charge in [0, 0.05) is 56.5 Å². The lowest BCUT2D eigenvalue weighted by Crippen LogP contribution is -2.26. The van der Waals surface area contributed by atoms with E-state index < -0.39 is 4.92 Å². The molecule has 116 valence electrons. The fraction of sp³-hybridized carbons (Fsp3) is 0.286. The van der Waals surface area contributed by atoms with Crippen LogP contribution in [0.25, 0.3) is 0 Å². The number of carbonyl (C=O) groups excluding carboxylic acids is 1. The molecule has 1 heterocycles. The number of nitrogens with one attached hydrogen (secondary N) is 1. The molecule has 0 atom stereocenters. The van der Waals surface area contributed by atoms with E-state index in [0.29, 0.717) is 17.8 Å². The zero-order valence-electron chi connectivity index (χ0n) is 12.3. The molecule has 2 rings (SSSR count). The van der Waals surface area contributed by atoms with Gasteiger partial charge in [0.1, 0.15) is 0 Å². The highest BCUT2D eigenvalue weighted by Gasteiger charge is 2.18. The van der Waals surface area contributed by atoms with Gasteiger partial charge in [-0.25, -0.2) is 4.98 Å². The van der Waals surface area contributed by atoms with E-state index in [4.69, 9.17) is 0 Å². The fourth-order valence-corrected chi connectivity index (χ4v) is 2.66. The molecular formula is C14H16N4O3S. The average molecular weight is 320 g/mol. The molecule has 0 saturated carbocycles. The summed E-state index contributed by atoms with van der Waals surface area (Å²) in [4.78, 5) is 28.5. The smallest absolute Gasteiger partial charge is 0.270 e. The number of benzene rings is 1. The summed E-state index contributed by atoms with van der Waals surface area (Å²) in [6, 6.07) is 4.31. The molecule has 0 bridgehead atoms. The van der Waals surface area contributed by atoms with E-state index in [1.807, 2.05) is 17.3 Å². The Labute approximate surface area is 131 Å². The molecule has 2 aromatic rings. The standard InChI is InChI=1S/C14H16N4O3S/c1-15-14(19)11-9-10(18(20)21)3-4-12(11)17(2)7-5-13-16-6-8-22-13/h3-4,6,8-9H,5,7H2,1-2H3,(H,15,19). The summed E-state index contributed by atoms with van der Waals surface area (Å²) in [5.74, 6) is -0.347. The van der Waals surface area contributed by atoms with Crippen LogP contribution in [0.3, 0.4) is 0 Å². The van der Waals surface area contributed by atoms with Crippen LogP contribution in [0, 0.1) is 10.1 Å². The second kappa shape index (κ2) is 6.99. The number of nitro benzene ring substituents is 1. The lowest BCUT2D eigenvalue weighted by molar-refractivity contribution is -0.384. The van der Waals surface area contributed by atoms with E-state index in [2.05, 4.69) is 10.3 Å². The average Bonchev–Trinajstić information content (AvgIpc) is 3.04. The number of amides is 1. The molecule has 1 N–H and O–H groups in total. The molecule has 0 radical (unpaired) electrons. The number of rotatable bonds is 6. The van der Waals surface area contributed by atoms with Crippen molar-refractivity contribution in [2.24, 2.45) is 0 Å². The number of anilines is 1. The monoisotopic (exact) mass is 320 g/mol. The molecule has 22 heavy (non-hydrogen) atoms. The van der Waals surface area contributed by atoms with Crippen LogP contribution in [0.1, 0.15) is 15.4 Å². The molecule has 0 aliphatic rings. The number of non-ortho nitro benzene ring substituents is 1. The minimum atomic E-state index is -0.508. The predicted octanol–water partition coefficient (Wildman–Crippen LogP) is 2.09. The highest BCUT2D eigenvalue weighted by atomic mass is 32.1. The number of hydrogen-bond donors (Lipinski definition) is 1. The first-order valence-electron chi connectivity index (χ1n) is 6.63. The molecule has 1 aromatic heterocycles. The van der Waals surface area contributed by atoms with Crippen LogP contribution < -0.4 is 10.2 Å². The van der Waals surface area contributed by atoms with Crippen molar-refractivity contribution in [3.63, 3.8) is 0 Å². The van der Waals surface area contributed by atoms with Gasteiger partial charge in [0.15, 0.2) is 0 Å². The Balaban J connectivity index is 2.24. The Morgan fingerprint density at radius 3 is 2.86 bits per heavy atom. The highest BCUT2D eigenvalue weighted by molar-refractivity contribution is 7.09. The maximum absolute atomic E-state index is 12.0. The third-order valence-electron chi connectivity index (χ3n) is 3.22. The topological polar surface area (TPSA) is 88.4 Å². The maximum Gasteiger partial charge on any atom is 0.270 e. The molecule has 0 fully saturated rings. The SMILES string of the molecule is CNC(=O)c1cc([N+](=O)[O-])ccc1N(C)CCc1nccs1. The number of carbonyl (C=O) groups is 1. The molecule has 0 aliphatic heterocycles. The van der Waals surface area contributed by atoms with Gasteiger partial charge in [-0.05, 0) is 6.07 Å². The molecule has 0 aliphatic carbocycles. The van der Waals surface area contributed by atoms with Crippen molar-refractivity contribution in [1.82, 2.24) is 10.3 Å². The number of thiazole rings is 1. The second-order valence-corrected chi connectivity index (χ2v) is 5.61. The third kappa shape index (κ3) is 3.59. The normalized spacial score (nSPS) is 10.3. The molecule has 0 saturated heterocycles. The van der Waals surface area contributed by atoms with Gasteiger partial charge in [0.05, 0.1) is 15.5 Å². The van der Waals surface area contributed by atoms with E-state index in [9.17, 15) is 14.9 Å². The van der Waals surface area contributed by atoms with Crippen LogP contribution >= 0.6 is 11.3 Å². The van der Waals surface area contributed by atoms with Gasteiger partial charge in [0.2, 0.25) is 0 Å². The zero-order valence-corrected chi connectivity index (χ0v) is 13.1. The summed E-state index contributed by atoms with van der Waals surface area (Å²) in [6.07, 6.45) is 2.50. The number of likely N-dealkylation sites (N-methyl/N-ethyl adjacent to an activating group) is 1. The predicted molar refractivity (Wildman–Crippen MR) is 85.6 cm³/mol. The van der Waals surface area contributed by atoms with Crippen LogP contribution in [0.5, 0.6) is 0 Å². The summed E-state index contributed by atoms with van der Waals surface area (Å²) in [7, 11) is 3.35. The Morgan fingerprint density at radius 1 is 1.50 bits per heavy atom. The maximum atomic E-state index is 12.0. The Bertz CT molecular complexity index is 673. The van der Waals surface area contributed by atoms with E-state index >= 15 is 0 Å².